The maximum absolute atomic E-state index is 14.2. The highest BCUT2D eigenvalue weighted by Gasteiger charge is 2.39. The quantitative estimate of drug-likeness (QED) is 0.727. The molecule has 3 rings (SSSR count). The van der Waals surface area contributed by atoms with Gasteiger partial charge in [-0.05, 0) is 58.6 Å². The van der Waals surface area contributed by atoms with Crippen molar-refractivity contribution in [2.45, 2.75) is 64.6 Å². The van der Waals surface area contributed by atoms with E-state index in [9.17, 15) is 14.0 Å². The van der Waals surface area contributed by atoms with Gasteiger partial charge in [0.1, 0.15) is 11.4 Å². The number of halogens is 2. The number of nitrogens with zero attached hydrogens (tertiary/aromatic N) is 2. The summed E-state index contributed by atoms with van der Waals surface area (Å²) in [5, 5.41) is 0.331. The number of ether oxygens (including phenoxy) is 1. The van der Waals surface area contributed by atoms with Crippen LogP contribution >= 0.6 is 11.6 Å². The molecule has 2 amide bonds. The SMILES string of the molecule is CC(C)(C)OC(=O)N1CCC[C@H](C(=O)N(Cc2c(F)cccc2Cl)C2CC2)C1. The molecule has 0 N–H and O–H groups in total. The molecule has 2 fully saturated rings. The largest absolute Gasteiger partial charge is 0.444 e. The van der Waals surface area contributed by atoms with Gasteiger partial charge in [0, 0.05) is 29.7 Å². The Morgan fingerprint density at radius 1 is 1.29 bits per heavy atom. The summed E-state index contributed by atoms with van der Waals surface area (Å²) >= 11 is 6.17. The summed E-state index contributed by atoms with van der Waals surface area (Å²) in [6.07, 6.45) is 2.90. The zero-order valence-corrected chi connectivity index (χ0v) is 17.5. The highest BCUT2D eigenvalue weighted by Crippen LogP contribution is 2.33. The number of likely N-dealkylation sites (tertiary alicyclic amines) is 1. The molecule has 0 unspecified atom stereocenters. The van der Waals surface area contributed by atoms with Gasteiger partial charge in [0.05, 0.1) is 12.5 Å². The van der Waals surface area contributed by atoms with E-state index in [1.54, 1.807) is 21.9 Å². The van der Waals surface area contributed by atoms with Crippen LogP contribution in [-0.4, -0.2) is 46.5 Å². The standard InChI is InChI=1S/C21H28ClFN2O3/c1-21(2,3)28-20(27)24-11-5-6-14(12-24)19(26)25(15-9-10-15)13-16-17(22)7-4-8-18(16)23/h4,7-8,14-15H,5-6,9-13H2,1-3H3/t14-/m0/s1. The molecule has 0 bridgehead atoms. The van der Waals surface area contributed by atoms with Crippen LogP contribution < -0.4 is 0 Å². The average molecular weight is 411 g/mol. The number of rotatable bonds is 4. The third-order valence-electron chi connectivity index (χ3n) is 5.08. The predicted octanol–water partition coefficient (Wildman–Crippen LogP) is 4.62. The Balaban J connectivity index is 1.70. The second-order valence-corrected chi connectivity index (χ2v) is 9.07. The van der Waals surface area contributed by atoms with Crippen LogP contribution in [0.25, 0.3) is 0 Å². The Morgan fingerprint density at radius 2 is 2.00 bits per heavy atom. The van der Waals surface area contributed by atoms with Crippen molar-refractivity contribution >= 4 is 23.6 Å². The number of piperidine rings is 1. The molecule has 1 saturated heterocycles. The van der Waals surface area contributed by atoms with Crippen LogP contribution in [0.3, 0.4) is 0 Å². The van der Waals surface area contributed by atoms with E-state index in [4.69, 9.17) is 16.3 Å². The lowest BCUT2D eigenvalue weighted by molar-refractivity contribution is -0.138. The van der Waals surface area contributed by atoms with Crippen LogP contribution in [0, 0.1) is 11.7 Å². The zero-order valence-electron chi connectivity index (χ0n) is 16.7. The first-order chi connectivity index (χ1) is 13.2. The van der Waals surface area contributed by atoms with Crippen LogP contribution in [0.1, 0.15) is 52.0 Å². The minimum atomic E-state index is -0.574. The van der Waals surface area contributed by atoms with Crippen LogP contribution in [0.2, 0.25) is 5.02 Å². The van der Waals surface area contributed by atoms with Crippen LogP contribution in [0.4, 0.5) is 9.18 Å². The summed E-state index contributed by atoms with van der Waals surface area (Å²) in [6, 6.07) is 4.69. The molecule has 2 aliphatic rings. The van der Waals surface area contributed by atoms with E-state index in [0.717, 1.165) is 19.3 Å². The molecule has 0 aromatic heterocycles. The number of carbonyl (C=O) groups is 2. The topological polar surface area (TPSA) is 49.9 Å². The van der Waals surface area contributed by atoms with Crippen LogP contribution in [0.5, 0.6) is 0 Å². The van der Waals surface area contributed by atoms with Gasteiger partial charge in [-0.25, -0.2) is 9.18 Å². The van der Waals surface area contributed by atoms with Crippen molar-refractivity contribution < 1.29 is 18.7 Å². The van der Waals surface area contributed by atoms with Gasteiger partial charge in [0.25, 0.3) is 0 Å². The third-order valence-corrected chi connectivity index (χ3v) is 5.44. The summed E-state index contributed by atoms with van der Waals surface area (Å²) in [5.74, 6) is -0.729. The van der Waals surface area contributed by atoms with E-state index < -0.39 is 11.4 Å². The van der Waals surface area contributed by atoms with Crippen LogP contribution in [0.15, 0.2) is 18.2 Å². The number of hydrogen-bond donors (Lipinski definition) is 0. The van der Waals surface area contributed by atoms with Gasteiger partial charge >= 0.3 is 6.09 Å². The zero-order chi connectivity index (χ0) is 20.5. The molecular formula is C21H28ClFN2O3. The molecule has 0 spiro atoms. The first kappa shape index (κ1) is 20.9. The first-order valence-electron chi connectivity index (χ1n) is 9.87. The number of hydrogen-bond acceptors (Lipinski definition) is 3. The van der Waals surface area contributed by atoms with Crippen molar-refractivity contribution in [1.29, 1.82) is 0 Å². The molecule has 1 aliphatic carbocycles. The molecule has 5 nitrogen and oxygen atoms in total. The molecule has 7 heteroatoms. The molecule has 1 aromatic rings. The van der Waals surface area contributed by atoms with Crippen molar-refractivity contribution in [3.8, 4) is 0 Å². The van der Waals surface area contributed by atoms with Crippen molar-refractivity contribution in [2.75, 3.05) is 13.1 Å². The smallest absolute Gasteiger partial charge is 0.410 e. The van der Waals surface area contributed by atoms with E-state index in [-0.39, 0.29) is 30.5 Å². The molecule has 1 aliphatic heterocycles. The molecule has 1 aromatic carbocycles. The van der Waals surface area contributed by atoms with E-state index in [1.807, 2.05) is 20.8 Å². The summed E-state index contributed by atoms with van der Waals surface area (Å²) in [4.78, 5) is 29.0. The lowest BCUT2D eigenvalue weighted by Gasteiger charge is -2.36. The summed E-state index contributed by atoms with van der Waals surface area (Å²) in [7, 11) is 0. The fraction of sp³-hybridized carbons (Fsp3) is 0.619. The Labute approximate surface area is 170 Å². The van der Waals surface area contributed by atoms with Gasteiger partial charge in [-0.2, -0.15) is 0 Å². The van der Waals surface area contributed by atoms with E-state index in [2.05, 4.69) is 0 Å². The van der Waals surface area contributed by atoms with Crippen molar-refractivity contribution in [3.63, 3.8) is 0 Å². The van der Waals surface area contributed by atoms with Gasteiger partial charge in [-0.1, -0.05) is 17.7 Å². The van der Waals surface area contributed by atoms with Gasteiger partial charge in [0.2, 0.25) is 5.91 Å². The van der Waals surface area contributed by atoms with E-state index >= 15 is 0 Å². The molecule has 154 valence electrons. The average Bonchev–Trinajstić information content (AvgIpc) is 3.45. The molecule has 1 saturated carbocycles. The van der Waals surface area contributed by atoms with E-state index in [0.29, 0.717) is 30.1 Å². The predicted molar refractivity (Wildman–Crippen MR) is 106 cm³/mol. The fourth-order valence-corrected chi connectivity index (χ4v) is 3.76. The normalized spacial score (nSPS) is 20.0. The number of benzene rings is 1. The lowest BCUT2D eigenvalue weighted by atomic mass is 9.96. The Bertz CT molecular complexity index is 725. The summed E-state index contributed by atoms with van der Waals surface area (Å²) in [6.45, 7) is 6.56. The Hall–Kier alpha value is -1.82. The molecular weight excluding hydrogens is 383 g/mol. The Morgan fingerprint density at radius 3 is 2.61 bits per heavy atom. The fourth-order valence-electron chi connectivity index (χ4n) is 3.53. The van der Waals surface area contributed by atoms with E-state index in [1.165, 1.54) is 6.07 Å². The third kappa shape index (κ3) is 5.16. The summed E-state index contributed by atoms with van der Waals surface area (Å²) < 4.78 is 19.7. The van der Waals surface area contributed by atoms with Gasteiger partial charge in [-0.3, -0.25) is 4.79 Å². The van der Waals surface area contributed by atoms with Crippen LogP contribution in [-0.2, 0) is 16.1 Å². The first-order valence-corrected chi connectivity index (χ1v) is 10.2. The van der Waals surface area contributed by atoms with Crippen molar-refractivity contribution in [1.82, 2.24) is 9.80 Å². The van der Waals surface area contributed by atoms with Gasteiger partial charge in [-0.15, -0.1) is 0 Å². The van der Waals surface area contributed by atoms with Crippen molar-refractivity contribution in [3.05, 3.63) is 34.6 Å². The van der Waals surface area contributed by atoms with Gasteiger partial charge in [0.15, 0.2) is 0 Å². The maximum Gasteiger partial charge on any atom is 0.410 e. The Kier molecular flexibility index (Phi) is 6.18. The summed E-state index contributed by atoms with van der Waals surface area (Å²) in [5.41, 5.74) is -0.223. The second-order valence-electron chi connectivity index (χ2n) is 8.66. The number of amides is 2. The lowest BCUT2D eigenvalue weighted by Crippen LogP contribution is -2.48. The minimum Gasteiger partial charge on any atom is -0.444 e. The number of carbonyl (C=O) groups excluding carboxylic acids is 2. The highest BCUT2D eigenvalue weighted by atomic mass is 35.5. The monoisotopic (exact) mass is 410 g/mol. The second kappa shape index (κ2) is 8.27. The molecule has 0 radical (unpaired) electrons. The molecule has 1 heterocycles. The maximum atomic E-state index is 14.2. The highest BCUT2D eigenvalue weighted by molar-refractivity contribution is 6.31. The molecule has 1 atom stereocenters. The van der Waals surface area contributed by atoms with Crippen molar-refractivity contribution in [2.24, 2.45) is 5.92 Å². The van der Waals surface area contributed by atoms with Gasteiger partial charge < -0.3 is 14.5 Å². The minimum absolute atomic E-state index is 0.0323. The molecule has 28 heavy (non-hydrogen) atoms.